The van der Waals surface area contributed by atoms with E-state index in [4.69, 9.17) is 22.4 Å². The first kappa shape index (κ1) is 52.9. The molecule has 2 aliphatic rings. The molecule has 0 radical (unpaired) electrons. The highest BCUT2D eigenvalue weighted by atomic mass is 31.3. The summed E-state index contributed by atoms with van der Waals surface area (Å²) in [5, 5.41) is 0. The van der Waals surface area contributed by atoms with Crippen LogP contribution in [0.1, 0.15) is 205 Å². The second kappa shape index (κ2) is 19.0. The Morgan fingerprint density at radius 1 is 0.388 bits per heavy atom. The standard InChI is InChI=1S/C58H84O7P2/c1-35(2)21-39-25-43-33-44-26-40(22-36(3)4)30-48(56(12,13)14)52(44)62-66(59,61-51(43)47(29-39)55(9,10)11)65-67(60)63-53-45(27-41(23-37(5)6)31-49(53)57(15,16)17)34-46-28-42(24-38(7)8)32-50(54(46)64-67)58(18,19)20/h25-32,35-38H,21-24,33-34H2,1-20H3. The van der Waals surface area contributed by atoms with E-state index in [9.17, 15) is 0 Å². The van der Waals surface area contributed by atoms with Crippen LogP contribution in [0.3, 0.4) is 0 Å². The Kier molecular flexibility index (Phi) is 15.0. The van der Waals surface area contributed by atoms with Gasteiger partial charge in [-0.25, -0.2) is 9.13 Å². The van der Waals surface area contributed by atoms with Gasteiger partial charge in [-0.1, -0.05) is 187 Å². The maximum atomic E-state index is 16.4. The molecule has 0 atom stereocenters. The van der Waals surface area contributed by atoms with Gasteiger partial charge in [0.15, 0.2) is 0 Å². The van der Waals surface area contributed by atoms with Crippen molar-refractivity contribution >= 4 is 15.6 Å². The van der Waals surface area contributed by atoms with Crippen LogP contribution in [0.4, 0.5) is 0 Å². The first-order chi connectivity index (χ1) is 30.6. The summed E-state index contributed by atoms with van der Waals surface area (Å²) < 4.78 is 67.0. The Bertz CT molecular complexity index is 2230. The van der Waals surface area contributed by atoms with Crippen molar-refractivity contribution in [1.29, 1.82) is 0 Å². The minimum absolute atomic E-state index is 0.402. The Morgan fingerprint density at radius 2 is 0.582 bits per heavy atom. The first-order valence-electron chi connectivity index (χ1n) is 25.0. The minimum Gasteiger partial charge on any atom is -0.394 e. The molecule has 0 saturated heterocycles. The van der Waals surface area contributed by atoms with Crippen molar-refractivity contribution in [2.75, 3.05) is 0 Å². The zero-order valence-corrected chi connectivity index (χ0v) is 46.7. The Hall–Kier alpha value is -3.50. The summed E-state index contributed by atoms with van der Waals surface area (Å²) in [5.74, 6) is 3.23. The molecule has 0 unspecified atom stereocenters. The van der Waals surface area contributed by atoms with E-state index in [0.29, 0.717) is 59.5 Å². The normalized spacial score (nSPS) is 16.1. The summed E-state index contributed by atoms with van der Waals surface area (Å²) in [6.07, 6.45) is 4.37. The fourth-order valence-corrected chi connectivity index (χ4v) is 13.0. The van der Waals surface area contributed by atoms with Crippen molar-refractivity contribution < 1.29 is 31.5 Å². The third-order valence-electron chi connectivity index (χ3n) is 12.5. The summed E-state index contributed by atoms with van der Waals surface area (Å²) >= 11 is 0. The van der Waals surface area contributed by atoms with Gasteiger partial charge in [-0.2, -0.15) is 0 Å². The highest BCUT2D eigenvalue weighted by Gasteiger charge is 2.51. The fraction of sp³-hybridized carbons (Fsp3) is 0.586. The predicted molar refractivity (Wildman–Crippen MR) is 279 cm³/mol. The minimum atomic E-state index is -5.00. The number of phosphoric ester groups is 2. The molecular weight excluding hydrogens is 871 g/mol. The molecule has 9 heteroatoms. The monoisotopic (exact) mass is 955 g/mol. The van der Waals surface area contributed by atoms with Gasteiger partial charge in [0.05, 0.1) is 0 Å². The highest BCUT2D eigenvalue weighted by molar-refractivity contribution is 7.63. The van der Waals surface area contributed by atoms with Crippen LogP contribution in [0, 0.1) is 23.7 Å². The van der Waals surface area contributed by atoms with Gasteiger partial charge in [0.25, 0.3) is 0 Å². The van der Waals surface area contributed by atoms with Crippen LogP contribution >= 0.6 is 15.6 Å². The number of hydrogen-bond donors (Lipinski definition) is 0. The van der Waals surface area contributed by atoms with Gasteiger partial charge in [0.1, 0.15) is 23.0 Å². The third-order valence-corrected chi connectivity index (χ3v) is 15.7. The average Bonchev–Trinajstić information content (AvgIpc) is 3.11. The van der Waals surface area contributed by atoms with E-state index < -0.39 is 37.3 Å². The molecule has 0 bridgehead atoms. The van der Waals surface area contributed by atoms with Crippen molar-refractivity contribution in [2.45, 2.75) is 199 Å². The summed E-state index contributed by atoms with van der Waals surface area (Å²) in [4.78, 5) is 0. The molecule has 0 aromatic heterocycles. The van der Waals surface area contributed by atoms with E-state index in [1.807, 2.05) is 0 Å². The summed E-state index contributed by atoms with van der Waals surface area (Å²) in [5.41, 5.74) is 9.81. The molecule has 0 amide bonds. The van der Waals surface area contributed by atoms with E-state index in [1.165, 1.54) is 22.3 Å². The van der Waals surface area contributed by atoms with Crippen LogP contribution in [0.15, 0.2) is 48.5 Å². The smallest absolute Gasteiger partial charge is 0.394 e. The van der Waals surface area contributed by atoms with Gasteiger partial charge in [0, 0.05) is 35.1 Å². The second-order valence-electron chi connectivity index (χ2n) is 25.6. The molecule has 4 aromatic carbocycles. The molecule has 0 aliphatic carbocycles. The maximum Gasteiger partial charge on any atom is 0.598 e. The lowest BCUT2D eigenvalue weighted by Crippen LogP contribution is -2.23. The fourth-order valence-electron chi connectivity index (χ4n) is 9.65. The average molecular weight is 955 g/mol. The van der Waals surface area contributed by atoms with Crippen LogP contribution in [-0.4, -0.2) is 0 Å². The molecule has 0 fully saturated rings. The third kappa shape index (κ3) is 12.6. The molecule has 2 aliphatic heterocycles. The lowest BCUT2D eigenvalue weighted by molar-refractivity contribution is 0.235. The molecule has 7 nitrogen and oxygen atoms in total. The van der Waals surface area contributed by atoms with Crippen LogP contribution in [0.2, 0.25) is 0 Å². The van der Waals surface area contributed by atoms with Crippen LogP contribution < -0.4 is 18.1 Å². The molecule has 4 aromatic rings. The van der Waals surface area contributed by atoms with E-state index in [-0.39, 0.29) is 0 Å². The first-order valence-corrected chi connectivity index (χ1v) is 27.9. The largest absolute Gasteiger partial charge is 0.598 e. The topological polar surface area (TPSA) is 80.3 Å². The number of fused-ring (bicyclic) bond motifs is 4. The van der Waals surface area contributed by atoms with Crippen molar-refractivity contribution in [3.05, 3.63) is 115 Å². The highest BCUT2D eigenvalue weighted by Crippen LogP contribution is 2.68. The predicted octanol–water partition coefficient (Wildman–Crippen LogP) is 17.3. The zero-order chi connectivity index (χ0) is 50.0. The van der Waals surface area contributed by atoms with E-state index in [0.717, 1.165) is 70.2 Å². The molecule has 67 heavy (non-hydrogen) atoms. The summed E-state index contributed by atoms with van der Waals surface area (Å²) in [6.45, 7) is 43.3. The molecular formula is C58H84O7P2. The van der Waals surface area contributed by atoms with Gasteiger partial charge < -0.3 is 18.1 Å². The van der Waals surface area contributed by atoms with Crippen LogP contribution in [-0.2, 0) is 73.6 Å². The van der Waals surface area contributed by atoms with Crippen molar-refractivity contribution in [2.24, 2.45) is 23.7 Å². The number of benzene rings is 4. The lowest BCUT2D eigenvalue weighted by atomic mass is 9.80. The van der Waals surface area contributed by atoms with E-state index >= 15 is 9.13 Å². The SMILES string of the molecule is CC(C)Cc1cc2c(c(C(C)(C)C)c1)OP(=O)(OP1(=O)Oc3c(cc(CC(C)C)cc3C(C)(C)C)Cc3cc(CC(C)C)cc(C(C)(C)C)c3O1)Oc1c(cc(CC(C)C)cc1C(C)(C)C)C2. The molecule has 368 valence electrons. The quantitative estimate of drug-likeness (QED) is 0.147. The lowest BCUT2D eigenvalue weighted by Gasteiger charge is -2.35. The summed E-state index contributed by atoms with van der Waals surface area (Å²) in [7, 11) is -10.0. The number of hydrogen-bond acceptors (Lipinski definition) is 7. The molecule has 0 N–H and O–H groups in total. The summed E-state index contributed by atoms with van der Waals surface area (Å²) in [6, 6.07) is 17.4. The van der Waals surface area contributed by atoms with Gasteiger partial charge in [-0.05, 0) is 116 Å². The van der Waals surface area contributed by atoms with Crippen LogP contribution in [0.5, 0.6) is 23.0 Å². The Labute approximate surface area is 406 Å². The van der Waals surface area contributed by atoms with Crippen molar-refractivity contribution in [1.82, 2.24) is 0 Å². The van der Waals surface area contributed by atoms with Crippen molar-refractivity contribution in [3.63, 3.8) is 0 Å². The molecule has 6 rings (SSSR count). The number of phosphoric acid groups is 2. The Morgan fingerprint density at radius 3 is 0.746 bits per heavy atom. The van der Waals surface area contributed by atoms with E-state index in [2.05, 4.69) is 187 Å². The van der Waals surface area contributed by atoms with Gasteiger partial charge in [0.2, 0.25) is 0 Å². The Balaban J connectivity index is 1.70. The van der Waals surface area contributed by atoms with Crippen molar-refractivity contribution in [3.8, 4) is 23.0 Å². The molecule has 0 spiro atoms. The zero-order valence-electron chi connectivity index (χ0n) is 44.9. The van der Waals surface area contributed by atoms with Gasteiger partial charge >= 0.3 is 15.6 Å². The number of rotatable bonds is 10. The molecule has 2 heterocycles. The van der Waals surface area contributed by atoms with Gasteiger partial charge in [-0.15, -0.1) is 4.31 Å². The van der Waals surface area contributed by atoms with E-state index in [1.54, 1.807) is 0 Å². The molecule has 0 saturated carbocycles. The van der Waals surface area contributed by atoms with Crippen LogP contribution in [0.25, 0.3) is 0 Å². The second-order valence-corrected chi connectivity index (χ2v) is 28.8. The maximum absolute atomic E-state index is 16.4. The van der Waals surface area contributed by atoms with Gasteiger partial charge in [-0.3, -0.25) is 0 Å².